The summed E-state index contributed by atoms with van der Waals surface area (Å²) in [6.07, 6.45) is -8.49. The molecule has 33 heavy (non-hydrogen) atoms. The van der Waals surface area contributed by atoms with Crippen LogP contribution in [0.15, 0.2) is 47.5 Å². The predicted molar refractivity (Wildman–Crippen MR) is 111 cm³/mol. The Kier molecular flexibility index (Phi) is 5.95. The fourth-order valence-electron chi connectivity index (χ4n) is 3.62. The highest BCUT2D eigenvalue weighted by Gasteiger charge is 2.41. The van der Waals surface area contributed by atoms with Gasteiger partial charge >= 0.3 is 6.36 Å². The standard InChI is InChI=1S/C21H19F3N4O5/c22-21(23,24)33-15-4-2-1-3-14(15)28-7-8-32-17(20(28)31)16(29)19(30)27-12-5-6-13-11(9-12)10-26-18(13)25/h1-6,9,16-17,29H,7-8,10H2,(H2,25,26)(H,27,30)/t16-,17-/m1/s1. The molecule has 174 valence electrons. The van der Waals surface area contributed by atoms with E-state index < -0.39 is 36.1 Å². The number of amidine groups is 1. The molecule has 12 heteroatoms. The Bertz CT molecular complexity index is 1120. The van der Waals surface area contributed by atoms with Crippen molar-refractivity contribution in [1.82, 2.24) is 0 Å². The monoisotopic (exact) mass is 464 g/mol. The number of aliphatic imine (C=N–C) groups is 1. The van der Waals surface area contributed by atoms with E-state index in [-0.39, 0.29) is 18.8 Å². The van der Waals surface area contributed by atoms with E-state index in [1.54, 1.807) is 18.2 Å². The third kappa shape index (κ3) is 4.76. The topological polar surface area (TPSA) is 126 Å². The Morgan fingerprint density at radius 1 is 1.30 bits per heavy atom. The van der Waals surface area contributed by atoms with E-state index in [1.165, 1.54) is 18.2 Å². The van der Waals surface area contributed by atoms with Crippen molar-refractivity contribution in [2.24, 2.45) is 10.7 Å². The van der Waals surface area contributed by atoms with E-state index in [0.717, 1.165) is 22.1 Å². The molecule has 0 spiro atoms. The van der Waals surface area contributed by atoms with Crippen LogP contribution < -0.4 is 20.7 Å². The van der Waals surface area contributed by atoms with E-state index in [1.807, 2.05) is 0 Å². The molecule has 9 nitrogen and oxygen atoms in total. The van der Waals surface area contributed by atoms with Gasteiger partial charge in [0.1, 0.15) is 5.84 Å². The van der Waals surface area contributed by atoms with Gasteiger partial charge in [-0.1, -0.05) is 12.1 Å². The molecule has 0 aromatic heterocycles. The number of halogens is 3. The maximum Gasteiger partial charge on any atom is 0.573 e. The van der Waals surface area contributed by atoms with Crippen LogP contribution in [0.25, 0.3) is 0 Å². The van der Waals surface area contributed by atoms with Crippen molar-refractivity contribution >= 4 is 29.0 Å². The van der Waals surface area contributed by atoms with Gasteiger partial charge in [-0.05, 0) is 35.9 Å². The molecule has 4 N–H and O–H groups in total. The number of nitrogens with zero attached hydrogens (tertiary/aromatic N) is 2. The summed E-state index contributed by atoms with van der Waals surface area (Å²) >= 11 is 0. The van der Waals surface area contributed by atoms with Gasteiger partial charge in [-0.3, -0.25) is 14.6 Å². The van der Waals surface area contributed by atoms with Crippen LogP contribution in [0.4, 0.5) is 24.5 Å². The van der Waals surface area contributed by atoms with E-state index >= 15 is 0 Å². The van der Waals surface area contributed by atoms with Crippen LogP contribution in [-0.4, -0.2) is 54.5 Å². The maximum absolute atomic E-state index is 12.9. The maximum atomic E-state index is 12.9. The van der Waals surface area contributed by atoms with Crippen LogP contribution in [0.5, 0.6) is 5.75 Å². The number of carbonyl (C=O) groups excluding carboxylic acids is 2. The minimum Gasteiger partial charge on any atom is -0.404 e. The van der Waals surface area contributed by atoms with Crippen molar-refractivity contribution in [3.05, 3.63) is 53.6 Å². The van der Waals surface area contributed by atoms with Crippen LogP contribution in [0.3, 0.4) is 0 Å². The summed E-state index contributed by atoms with van der Waals surface area (Å²) < 4.78 is 47.5. The third-order valence-corrected chi connectivity index (χ3v) is 5.13. The van der Waals surface area contributed by atoms with Gasteiger partial charge in [-0.25, -0.2) is 0 Å². The first-order valence-electron chi connectivity index (χ1n) is 9.84. The predicted octanol–water partition coefficient (Wildman–Crippen LogP) is 1.54. The first kappa shape index (κ1) is 22.6. The number of para-hydroxylation sites is 2. The number of nitrogens with one attached hydrogen (secondary N) is 1. The second-order valence-corrected chi connectivity index (χ2v) is 7.30. The first-order chi connectivity index (χ1) is 15.6. The van der Waals surface area contributed by atoms with Crippen LogP contribution in [0, 0.1) is 0 Å². The number of hydrogen-bond donors (Lipinski definition) is 3. The molecule has 2 aromatic carbocycles. The lowest BCUT2D eigenvalue weighted by Gasteiger charge is -2.34. The molecular formula is C21H19F3N4O5. The van der Waals surface area contributed by atoms with Crippen molar-refractivity contribution in [3.63, 3.8) is 0 Å². The Labute approximate surface area is 185 Å². The molecule has 2 aliphatic heterocycles. The Hall–Kier alpha value is -3.64. The number of fused-ring (bicyclic) bond motifs is 1. The van der Waals surface area contributed by atoms with Gasteiger partial charge in [0.15, 0.2) is 18.0 Å². The number of anilines is 2. The van der Waals surface area contributed by atoms with Gasteiger partial charge in [0.25, 0.3) is 11.8 Å². The second kappa shape index (κ2) is 8.71. The number of benzene rings is 2. The third-order valence-electron chi connectivity index (χ3n) is 5.13. The van der Waals surface area contributed by atoms with E-state index in [2.05, 4.69) is 15.0 Å². The average Bonchev–Trinajstić information content (AvgIpc) is 3.13. The van der Waals surface area contributed by atoms with Crippen LogP contribution in [0.1, 0.15) is 11.1 Å². The highest BCUT2D eigenvalue weighted by Crippen LogP contribution is 2.34. The number of aliphatic hydroxyl groups is 1. The highest BCUT2D eigenvalue weighted by molar-refractivity contribution is 6.05. The molecular weight excluding hydrogens is 445 g/mol. The Morgan fingerprint density at radius 2 is 2.06 bits per heavy atom. The SMILES string of the molecule is NC1=NCc2cc(NC(=O)[C@H](O)[C@H]3OCCN(c4ccccc4OC(F)(F)F)C3=O)ccc21. The smallest absolute Gasteiger partial charge is 0.404 e. The normalized spacial score (nSPS) is 19.0. The summed E-state index contributed by atoms with van der Waals surface area (Å²) in [5.41, 5.74) is 7.49. The molecule has 4 rings (SSSR count). The zero-order valence-electron chi connectivity index (χ0n) is 17.0. The first-order valence-corrected chi connectivity index (χ1v) is 9.84. The molecule has 0 saturated carbocycles. The molecule has 0 radical (unpaired) electrons. The lowest BCUT2D eigenvalue weighted by Crippen LogP contribution is -2.55. The summed E-state index contributed by atoms with van der Waals surface area (Å²) in [5.74, 6) is -1.99. The van der Waals surface area contributed by atoms with Crippen molar-refractivity contribution in [1.29, 1.82) is 0 Å². The fraction of sp³-hybridized carbons (Fsp3) is 0.286. The van der Waals surface area contributed by atoms with Gasteiger partial charge in [-0.2, -0.15) is 0 Å². The van der Waals surface area contributed by atoms with Crippen molar-refractivity contribution < 1.29 is 37.3 Å². The quantitative estimate of drug-likeness (QED) is 0.616. The Morgan fingerprint density at radius 3 is 2.82 bits per heavy atom. The van der Waals surface area contributed by atoms with Crippen LogP contribution in [0.2, 0.25) is 0 Å². The van der Waals surface area contributed by atoms with E-state index in [4.69, 9.17) is 10.5 Å². The number of morpholine rings is 1. The summed E-state index contributed by atoms with van der Waals surface area (Å²) in [5, 5.41) is 13.0. The largest absolute Gasteiger partial charge is 0.573 e. The number of ether oxygens (including phenoxy) is 2. The number of amides is 2. The van der Waals surface area contributed by atoms with Crippen LogP contribution >= 0.6 is 0 Å². The fourth-order valence-corrected chi connectivity index (χ4v) is 3.62. The number of rotatable bonds is 5. The van der Waals surface area contributed by atoms with Crippen molar-refractivity contribution in [2.75, 3.05) is 23.4 Å². The van der Waals surface area contributed by atoms with Gasteiger partial charge in [0.05, 0.1) is 18.8 Å². The summed E-state index contributed by atoms with van der Waals surface area (Å²) in [6, 6.07) is 9.97. The zero-order chi connectivity index (χ0) is 23.8. The molecule has 2 aliphatic rings. The lowest BCUT2D eigenvalue weighted by atomic mass is 10.1. The number of hydrogen-bond acceptors (Lipinski definition) is 7. The minimum absolute atomic E-state index is 0.0891. The summed E-state index contributed by atoms with van der Waals surface area (Å²) in [4.78, 5) is 30.6. The molecule has 0 aliphatic carbocycles. The molecule has 1 saturated heterocycles. The molecule has 2 amide bonds. The lowest BCUT2D eigenvalue weighted by molar-refractivity contribution is -0.274. The molecule has 1 fully saturated rings. The molecule has 2 atom stereocenters. The van der Waals surface area contributed by atoms with Gasteiger partial charge in [0, 0.05) is 17.8 Å². The highest BCUT2D eigenvalue weighted by atomic mass is 19.4. The van der Waals surface area contributed by atoms with Crippen LogP contribution in [-0.2, 0) is 20.9 Å². The van der Waals surface area contributed by atoms with Crippen molar-refractivity contribution in [2.45, 2.75) is 25.1 Å². The Balaban J connectivity index is 1.49. The van der Waals surface area contributed by atoms with Gasteiger partial charge in [-0.15, -0.1) is 13.2 Å². The van der Waals surface area contributed by atoms with Gasteiger partial charge < -0.3 is 30.5 Å². The average molecular weight is 464 g/mol. The summed E-state index contributed by atoms with van der Waals surface area (Å²) in [6.45, 7) is 0.150. The molecule has 2 heterocycles. The summed E-state index contributed by atoms with van der Waals surface area (Å²) in [7, 11) is 0. The number of carbonyl (C=O) groups is 2. The van der Waals surface area contributed by atoms with Gasteiger partial charge in [0.2, 0.25) is 0 Å². The zero-order valence-corrected chi connectivity index (χ0v) is 17.0. The molecule has 2 aromatic rings. The molecule has 0 unspecified atom stereocenters. The number of alkyl halides is 3. The molecule has 0 bridgehead atoms. The minimum atomic E-state index is -4.96. The number of nitrogens with two attached hydrogens (primary N) is 1. The van der Waals surface area contributed by atoms with Crippen molar-refractivity contribution in [3.8, 4) is 5.75 Å². The van der Waals surface area contributed by atoms with E-state index in [0.29, 0.717) is 18.1 Å². The second-order valence-electron chi connectivity index (χ2n) is 7.30. The number of aliphatic hydroxyl groups excluding tert-OH is 1. The van der Waals surface area contributed by atoms with E-state index in [9.17, 15) is 27.9 Å².